The normalized spacial score (nSPS) is 16.0. The zero-order valence-corrected chi connectivity index (χ0v) is 12.7. The smallest absolute Gasteiger partial charge is 0.322 e. The van der Waals surface area contributed by atoms with Crippen LogP contribution in [-0.2, 0) is 11.8 Å². The number of nitrogens with zero attached hydrogens (tertiary/aromatic N) is 4. The first kappa shape index (κ1) is 14.2. The van der Waals surface area contributed by atoms with Gasteiger partial charge < -0.3 is 13.9 Å². The van der Waals surface area contributed by atoms with Crippen molar-refractivity contribution in [3.63, 3.8) is 0 Å². The second-order valence-corrected chi connectivity index (χ2v) is 5.11. The molecule has 122 valence electrons. The van der Waals surface area contributed by atoms with E-state index in [9.17, 15) is 4.79 Å². The average molecular weight is 327 g/mol. The monoisotopic (exact) mass is 327 g/mol. The van der Waals surface area contributed by atoms with Crippen molar-refractivity contribution in [3.05, 3.63) is 36.5 Å². The van der Waals surface area contributed by atoms with Crippen LogP contribution in [0.5, 0.6) is 11.5 Å². The number of aromatic nitrogens is 4. The summed E-state index contributed by atoms with van der Waals surface area (Å²) >= 11 is 0. The number of fused-ring (bicyclic) bond motifs is 1. The Kier molecular flexibility index (Phi) is 3.38. The second kappa shape index (κ2) is 5.69. The first-order chi connectivity index (χ1) is 11.7. The number of aryl methyl sites for hydroxylation is 1. The summed E-state index contributed by atoms with van der Waals surface area (Å²) < 4.78 is 18.2. The summed E-state index contributed by atoms with van der Waals surface area (Å²) in [6.45, 7) is 0.103. The van der Waals surface area contributed by atoms with Gasteiger partial charge in [0.2, 0.25) is 6.10 Å². The van der Waals surface area contributed by atoms with E-state index in [0.717, 1.165) is 0 Å². The molecule has 0 fully saturated rings. The van der Waals surface area contributed by atoms with E-state index in [1.165, 1.54) is 0 Å². The lowest BCUT2D eigenvalue weighted by Crippen LogP contribution is -2.40. The molecule has 24 heavy (non-hydrogen) atoms. The largest absolute Gasteiger partial charge is 0.485 e. The number of hydrogen-bond donors (Lipinski definition) is 1. The second-order valence-electron chi connectivity index (χ2n) is 5.11. The van der Waals surface area contributed by atoms with Gasteiger partial charge in [0, 0.05) is 13.2 Å². The van der Waals surface area contributed by atoms with E-state index in [1.54, 1.807) is 42.2 Å². The summed E-state index contributed by atoms with van der Waals surface area (Å²) in [5, 5.41) is 14.2. The highest BCUT2D eigenvalue weighted by Gasteiger charge is 2.28. The van der Waals surface area contributed by atoms with Crippen LogP contribution in [0.1, 0.15) is 0 Å². The lowest BCUT2D eigenvalue weighted by atomic mass is 10.2. The Bertz CT molecular complexity index is 887. The molecule has 1 aromatic carbocycles. The zero-order chi connectivity index (χ0) is 16.5. The van der Waals surface area contributed by atoms with Crippen molar-refractivity contribution in [2.24, 2.45) is 7.05 Å². The van der Waals surface area contributed by atoms with Gasteiger partial charge in [-0.25, -0.2) is 0 Å². The Morgan fingerprint density at radius 2 is 2.08 bits per heavy atom. The van der Waals surface area contributed by atoms with Crippen molar-refractivity contribution < 1.29 is 18.7 Å². The minimum atomic E-state index is -0.799. The molecule has 2 aromatic heterocycles. The van der Waals surface area contributed by atoms with Gasteiger partial charge in [-0.2, -0.15) is 5.10 Å². The van der Waals surface area contributed by atoms with E-state index < -0.39 is 12.0 Å². The summed E-state index contributed by atoms with van der Waals surface area (Å²) in [6.07, 6.45) is 0.814. The van der Waals surface area contributed by atoms with Crippen molar-refractivity contribution in [2.75, 3.05) is 11.9 Å². The zero-order valence-electron chi connectivity index (χ0n) is 12.7. The van der Waals surface area contributed by atoms with Gasteiger partial charge in [-0.1, -0.05) is 17.2 Å². The number of amides is 1. The van der Waals surface area contributed by atoms with E-state index in [1.807, 2.05) is 6.07 Å². The number of anilines is 1. The Morgan fingerprint density at radius 1 is 1.25 bits per heavy atom. The molecule has 0 bridgehead atoms. The number of carbonyl (C=O) groups is 1. The molecule has 0 aliphatic carbocycles. The molecule has 0 unspecified atom stereocenters. The minimum Gasteiger partial charge on any atom is -0.485 e. The molecule has 1 aliphatic rings. The molecular formula is C15H13N5O4. The molecule has 1 atom stereocenters. The summed E-state index contributed by atoms with van der Waals surface area (Å²) in [4.78, 5) is 12.3. The lowest BCUT2D eigenvalue weighted by molar-refractivity contribution is -0.125. The highest BCUT2D eigenvalue weighted by atomic mass is 16.6. The maximum absolute atomic E-state index is 12.3. The van der Waals surface area contributed by atoms with Crippen LogP contribution in [0.15, 0.2) is 40.9 Å². The fraction of sp³-hybridized carbons (Fsp3) is 0.200. The maximum atomic E-state index is 12.3. The fourth-order valence-electron chi connectivity index (χ4n) is 2.30. The average Bonchev–Trinajstić information content (AvgIpc) is 3.23. The lowest BCUT2D eigenvalue weighted by Gasteiger charge is -2.24. The number of ether oxygens (including phenoxy) is 2. The van der Waals surface area contributed by atoms with Gasteiger partial charge in [0.15, 0.2) is 11.5 Å². The molecular weight excluding hydrogens is 314 g/mol. The van der Waals surface area contributed by atoms with Crippen molar-refractivity contribution >= 4 is 11.9 Å². The van der Waals surface area contributed by atoms with E-state index in [4.69, 9.17) is 13.9 Å². The molecule has 1 aliphatic heterocycles. The summed E-state index contributed by atoms with van der Waals surface area (Å²) in [5.74, 6) is 0.962. The van der Waals surface area contributed by atoms with Gasteiger partial charge in [0.25, 0.3) is 11.8 Å². The molecule has 0 spiro atoms. The Hall–Kier alpha value is -3.36. The van der Waals surface area contributed by atoms with Crippen molar-refractivity contribution in [2.45, 2.75) is 6.10 Å². The maximum Gasteiger partial charge on any atom is 0.322 e. The van der Waals surface area contributed by atoms with Crippen molar-refractivity contribution in [1.82, 2.24) is 20.0 Å². The Morgan fingerprint density at radius 3 is 2.88 bits per heavy atom. The van der Waals surface area contributed by atoms with E-state index in [-0.39, 0.29) is 18.5 Å². The molecule has 0 saturated carbocycles. The van der Waals surface area contributed by atoms with Crippen LogP contribution in [0.2, 0.25) is 0 Å². The number of para-hydroxylation sites is 2. The molecule has 9 nitrogen and oxygen atoms in total. The number of carbonyl (C=O) groups excluding carboxylic acids is 1. The first-order valence-corrected chi connectivity index (χ1v) is 7.22. The molecule has 3 aromatic rings. The van der Waals surface area contributed by atoms with Crippen LogP contribution < -0.4 is 14.8 Å². The van der Waals surface area contributed by atoms with Crippen LogP contribution in [0.4, 0.5) is 6.01 Å². The number of hydrogen-bond acceptors (Lipinski definition) is 7. The van der Waals surface area contributed by atoms with Gasteiger partial charge >= 0.3 is 6.01 Å². The molecule has 1 amide bonds. The summed E-state index contributed by atoms with van der Waals surface area (Å²) in [5.41, 5.74) is 0.647. The molecule has 1 N–H and O–H groups in total. The van der Waals surface area contributed by atoms with Gasteiger partial charge in [0.1, 0.15) is 12.3 Å². The number of benzene rings is 1. The van der Waals surface area contributed by atoms with E-state index in [0.29, 0.717) is 17.2 Å². The first-order valence-electron chi connectivity index (χ1n) is 7.22. The third-order valence-corrected chi connectivity index (χ3v) is 3.50. The quantitative estimate of drug-likeness (QED) is 0.772. The number of nitrogens with one attached hydrogen (secondary N) is 1. The van der Waals surface area contributed by atoms with Gasteiger partial charge in [0.05, 0.1) is 0 Å². The van der Waals surface area contributed by atoms with Gasteiger partial charge in [-0.05, 0) is 18.2 Å². The van der Waals surface area contributed by atoms with Crippen LogP contribution in [0.3, 0.4) is 0 Å². The Balaban J connectivity index is 1.46. The Labute approximate surface area is 136 Å². The van der Waals surface area contributed by atoms with Crippen LogP contribution in [0, 0.1) is 0 Å². The van der Waals surface area contributed by atoms with Crippen LogP contribution in [0.25, 0.3) is 11.6 Å². The predicted octanol–water partition coefficient (Wildman–Crippen LogP) is 1.25. The molecule has 0 radical (unpaired) electrons. The highest BCUT2D eigenvalue weighted by Crippen LogP contribution is 2.31. The molecule has 3 heterocycles. The van der Waals surface area contributed by atoms with Crippen LogP contribution >= 0.6 is 0 Å². The van der Waals surface area contributed by atoms with E-state index >= 15 is 0 Å². The molecule has 0 saturated heterocycles. The third kappa shape index (κ3) is 2.56. The van der Waals surface area contributed by atoms with E-state index in [2.05, 4.69) is 20.6 Å². The molecule has 9 heteroatoms. The van der Waals surface area contributed by atoms with Gasteiger partial charge in [-0.3, -0.25) is 14.8 Å². The minimum absolute atomic E-state index is 0.0151. The molecule has 4 rings (SSSR count). The van der Waals surface area contributed by atoms with Crippen molar-refractivity contribution in [1.29, 1.82) is 0 Å². The van der Waals surface area contributed by atoms with Crippen LogP contribution in [-0.4, -0.2) is 38.6 Å². The van der Waals surface area contributed by atoms with Crippen molar-refractivity contribution in [3.8, 4) is 23.1 Å². The highest BCUT2D eigenvalue weighted by molar-refractivity contribution is 5.93. The third-order valence-electron chi connectivity index (χ3n) is 3.50. The van der Waals surface area contributed by atoms with Gasteiger partial charge in [-0.15, -0.1) is 5.10 Å². The predicted molar refractivity (Wildman–Crippen MR) is 81.5 cm³/mol. The summed E-state index contributed by atoms with van der Waals surface area (Å²) in [6, 6.07) is 8.87. The SMILES string of the molecule is Cn1nccc1-c1nnc(NC(=O)[C@H]2COc3ccccc3O2)o1. The fourth-order valence-corrected chi connectivity index (χ4v) is 2.30. The standard InChI is InChI=1S/C15H13N5O4/c1-20-9(6-7-16-20)14-18-19-15(24-14)17-13(21)12-8-22-10-4-2-3-5-11(10)23-12/h2-7,12H,8H2,1H3,(H,17,19,21)/t12-/m1/s1. The summed E-state index contributed by atoms with van der Waals surface area (Å²) in [7, 11) is 1.75. The number of rotatable bonds is 3. The topological polar surface area (TPSA) is 104 Å².